The van der Waals surface area contributed by atoms with Gasteiger partial charge in [0.15, 0.2) is 5.96 Å². The third-order valence-corrected chi connectivity index (χ3v) is 5.03. The Morgan fingerprint density at radius 1 is 1.27 bits per heavy atom. The maximum Gasteiger partial charge on any atom is 0.191 e. The number of rotatable bonds is 7. The molecule has 0 aliphatic heterocycles. The number of benzene rings is 1. The van der Waals surface area contributed by atoms with Crippen molar-refractivity contribution in [3.63, 3.8) is 0 Å². The fraction of sp³-hybridized carbons (Fsp3) is 0.474. The second-order valence-electron chi connectivity index (χ2n) is 6.08. The molecule has 0 aliphatic rings. The van der Waals surface area contributed by atoms with Gasteiger partial charge in [0.1, 0.15) is 0 Å². The third-order valence-electron chi connectivity index (χ3n) is 3.90. The van der Waals surface area contributed by atoms with Crippen LogP contribution in [0.4, 0.5) is 0 Å². The highest BCUT2D eigenvalue weighted by molar-refractivity contribution is 14.0. The first kappa shape index (κ1) is 22.9. The Bertz CT molecular complexity index is 698. The van der Waals surface area contributed by atoms with E-state index in [-0.39, 0.29) is 24.0 Å². The molecule has 0 saturated heterocycles. The highest BCUT2D eigenvalue weighted by atomic mass is 127. The zero-order valence-corrected chi connectivity index (χ0v) is 19.0. The highest BCUT2D eigenvalue weighted by Gasteiger charge is 2.08. The maximum atomic E-state index is 10.3. The van der Waals surface area contributed by atoms with Gasteiger partial charge >= 0.3 is 0 Å². The Kier molecular flexibility index (Phi) is 10.1. The summed E-state index contributed by atoms with van der Waals surface area (Å²) in [6.45, 7) is 10.1. The normalized spacial score (nSPS) is 12.4. The molecule has 1 atom stereocenters. The molecular formula is C19H29IN4OS. The number of aryl methyl sites for hydroxylation is 3. The predicted molar refractivity (Wildman–Crippen MR) is 121 cm³/mol. The van der Waals surface area contributed by atoms with Crippen LogP contribution in [0.25, 0.3) is 0 Å². The third kappa shape index (κ3) is 7.20. The smallest absolute Gasteiger partial charge is 0.191 e. The van der Waals surface area contributed by atoms with E-state index >= 15 is 0 Å². The van der Waals surface area contributed by atoms with Gasteiger partial charge in [0.05, 0.1) is 23.4 Å². The quantitative estimate of drug-likeness (QED) is 0.317. The fourth-order valence-corrected chi connectivity index (χ4v) is 3.37. The van der Waals surface area contributed by atoms with E-state index in [0.29, 0.717) is 6.54 Å². The molecule has 1 heterocycles. The largest absolute Gasteiger partial charge is 0.386 e. The van der Waals surface area contributed by atoms with Gasteiger partial charge in [-0.2, -0.15) is 0 Å². The van der Waals surface area contributed by atoms with E-state index in [0.717, 1.165) is 47.3 Å². The van der Waals surface area contributed by atoms with Crippen LogP contribution in [0.2, 0.25) is 0 Å². The minimum atomic E-state index is -0.598. The molecule has 144 valence electrons. The summed E-state index contributed by atoms with van der Waals surface area (Å²) in [5, 5.41) is 18.0. The number of nitrogens with one attached hydrogen (secondary N) is 2. The molecule has 0 aliphatic carbocycles. The molecule has 7 heteroatoms. The molecule has 26 heavy (non-hydrogen) atoms. The van der Waals surface area contributed by atoms with Crippen molar-refractivity contribution in [2.75, 3.05) is 19.6 Å². The minimum Gasteiger partial charge on any atom is -0.386 e. The van der Waals surface area contributed by atoms with Gasteiger partial charge in [-0.15, -0.1) is 35.3 Å². The van der Waals surface area contributed by atoms with Crippen LogP contribution in [0.1, 0.15) is 39.7 Å². The van der Waals surface area contributed by atoms with Crippen LogP contribution in [-0.2, 0) is 6.42 Å². The summed E-state index contributed by atoms with van der Waals surface area (Å²) < 4.78 is 0. The van der Waals surface area contributed by atoms with Crippen molar-refractivity contribution < 1.29 is 5.11 Å². The topological polar surface area (TPSA) is 69.5 Å². The summed E-state index contributed by atoms with van der Waals surface area (Å²) >= 11 is 1.74. The Morgan fingerprint density at radius 3 is 2.65 bits per heavy atom. The second kappa shape index (κ2) is 11.5. The maximum absolute atomic E-state index is 10.3. The van der Waals surface area contributed by atoms with Gasteiger partial charge in [-0.1, -0.05) is 29.8 Å². The molecule has 2 aromatic rings. The number of guanidine groups is 1. The van der Waals surface area contributed by atoms with Crippen LogP contribution in [0.3, 0.4) is 0 Å². The number of hydrogen-bond acceptors (Lipinski definition) is 4. The van der Waals surface area contributed by atoms with Crippen molar-refractivity contribution in [2.45, 2.75) is 40.2 Å². The molecule has 0 amide bonds. The van der Waals surface area contributed by atoms with Crippen LogP contribution < -0.4 is 10.6 Å². The summed E-state index contributed by atoms with van der Waals surface area (Å²) in [5.41, 5.74) is 3.15. The van der Waals surface area contributed by atoms with Crippen molar-refractivity contribution >= 4 is 41.3 Å². The van der Waals surface area contributed by atoms with Crippen LogP contribution in [0.15, 0.2) is 29.3 Å². The van der Waals surface area contributed by atoms with Crippen molar-refractivity contribution in [3.8, 4) is 0 Å². The van der Waals surface area contributed by atoms with Crippen LogP contribution in [-0.4, -0.2) is 35.7 Å². The SMILES string of the molecule is CCNC(=NCC(O)c1cccc(C)c1)NCCc1nc(C)c(C)s1.I. The number of hydrogen-bond donors (Lipinski definition) is 3. The standard InChI is InChI=1S/C19H28N4OS.HI/c1-5-20-19(21-10-9-18-23-14(3)15(4)25-18)22-12-17(24)16-8-6-7-13(2)11-16;/h6-8,11,17,24H,5,9-10,12H2,1-4H3,(H2,20,21,22);1H. The fourth-order valence-electron chi connectivity index (χ4n) is 2.44. The first-order chi connectivity index (χ1) is 12.0. The summed E-state index contributed by atoms with van der Waals surface area (Å²) in [4.78, 5) is 10.3. The monoisotopic (exact) mass is 488 g/mol. The number of aromatic nitrogens is 1. The average Bonchev–Trinajstić information content (AvgIpc) is 2.90. The van der Waals surface area contributed by atoms with Gasteiger partial charge in [0.25, 0.3) is 0 Å². The second-order valence-corrected chi connectivity index (χ2v) is 7.36. The molecule has 1 aromatic carbocycles. The Morgan fingerprint density at radius 2 is 2.04 bits per heavy atom. The van der Waals surface area contributed by atoms with Crippen LogP contribution in [0.5, 0.6) is 0 Å². The number of aliphatic hydroxyl groups excluding tert-OH is 1. The van der Waals surface area contributed by atoms with Crippen molar-refractivity contribution in [2.24, 2.45) is 4.99 Å². The number of halogens is 1. The summed E-state index contributed by atoms with van der Waals surface area (Å²) in [6.07, 6.45) is 0.268. The number of aliphatic hydroxyl groups is 1. The van der Waals surface area contributed by atoms with E-state index in [1.54, 1.807) is 11.3 Å². The van der Waals surface area contributed by atoms with Gasteiger partial charge in [-0.3, -0.25) is 4.99 Å². The van der Waals surface area contributed by atoms with Gasteiger partial charge in [0.2, 0.25) is 0 Å². The molecule has 0 spiro atoms. The molecule has 0 saturated carbocycles. The predicted octanol–water partition coefficient (Wildman–Crippen LogP) is 3.52. The van der Waals surface area contributed by atoms with E-state index in [9.17, 15) is 5.11 Å². The Labute approximate surface area is 177 Å². The van der Waals surface area contributed by atoms with Gasteiger partial charge in [0, 0.05) is 24.4 Å². The van der Waals surface area contributed by atoms with E-state index < -0.39 is 6.10 Å². The molecule has 0 bridgehead atoms. The van der Waals surface area contributed by atoms with Crippen molar-refractivity contribution in [3.05, 3.63) is 51.0 Å². The van der Waals surface area contributed by atoms with E-state index in [1.807, 2.05) is 45.0 Å². The molecular weight excluding hydrogens is 459 g/mol. The summed E-state index contributed by atoms with van der Waals surface area (Å²) in [7, 11) is 0. The highest BCUT2D eigenvalue weighted by Crippen LogP contribution is 2.16. The van der Waals surface area contributed by atoms with E-state index in [2.05, 4.69) is 27.5 Å². The first-order valence-electron chi connectivity index (χ1n) is 8.69. The molecule has 3 N–H and O–H groups in total. The van der Waals surface area contributed by atoms with Crippen LogP contribution >= 0.6 is 35.3 Å². The van der Waals surface area contributed by atoms with E-state index in [4.69, 9.17) is 0 Å². The lowest BCUT2D eigenvalue weighted by atomic mass is 10.1. The molecule has 1 aromatic heterocycles. The minimum absolute atomic E-state index is 0. The number of nitrogens with zero attached hydrogens (tertiary/aromatic N) is 2. The Hall–Kier alpha value is -1.19. The first-order valence-corrected chi connectivity index (χ1v) is 9.51. The van der Waals surface area contributed by atoms with Crippen molar-refractivity contribution in [1.29, 1.82) is 0 Å². The number of aliphatic imine (C=N–C) groups is 1. The molecule has 5 nitrogen and oxygen atoms in total. The molecule has 0 radical (unpaired) electrons. The molecule has 2 rings (SSSR count). The number of thiazole rings is 1. The van der Waals surface area contributed by atoms with Gasteiger partial charge < -0.3 is 15.7 Å². The molecule has 1 unspecified atom stereocenters. The lowest BCUT2D eigenvalue weighted by Crippen LogP contribution is -2.38. The summed E-state index contributed by atoms with van der Waals surface area (Å²) in [6, 6.07) is 7.90. The average molecular weight is 488 g/mol. The van der Waals surface area contributed by atoms with Gasteiger partial charge in [-0.05, 0) is 33.3 Å². The molecule has 0 fully saturated rings. The van der Waals surface area contributed by atoms with E-state index in [1.165, 1.54) is 4.88 Å². The lowest BCUT2D eigenvalue weighted by molar-refractivity contribution is 0.187. The van der Waals surface area contributed by atoms with Crippen LogP contribution in [0, 0.1) is 20.8 Å². The Balaban J connectivity index is 0.00000338. The summed E-state index contributed by atoms with van der Waals surface area (Å²) in [5.74, 6) is 0.721. The van der Waals surface area contributed by atoms with Gasteiger partial charge in [-0.25, -0.2) is 4.98 Å². The lowest BCUT2D eigenvalue weighted by Gasteiger charge is -2.13. The zero-order chi connectivity index (χ0) is 18.2. The van der Waals surface area contributed by atoms with Crippen molar-refractivity contribution in [1.82, 2.24) is 15.6 Å². The zero-order valence-electron chi connectivity index (χ0n) is 15.9.